The van der Waals surface area contributed by atoms with Gasteiger partial charge in [0.25, 0.3) is 0 Å². The number of hydrogen-bond donors (Lipinski definition) is 2. The molecular formula is C15H10Cl2F3N3O2. The van der Waals surface area contributed by atoms with Crippen molar-refractivity contribution < 1.29 is 23.2 Å². The Balaban J connectivity index is 2.52. The number of benzene rings is 1. The van der Waals surface area contributed by atoms with Crippen molar-refractivity contribution in [2.75, 3.05) is 0 Å². The lowest BCUT2D eigenvalue weighted by atomic mass is 9.94. The van der Waals surface area contributed by atoms with Crippen LogP contribution in [-0.4, -0.2) is 22.4 Å². The van der Waals surface area contributed by atoms with Gasteiger partial charge in [0.05, 0.1) is 16.3 Å². The van der Waals surface area contributed by atoms with Gasteiger partial charge in [-0.3, -0.25) is 9.78 Å². The third kappa shape index (κ3) is 4.61. The highest BCUT2D eigenvalue weighted by Gasteiger charge is 2.33. The van der Waals surface area contributed by atoms with Crippen molar-refractivity contribution in [1.29, 1.82) is 0 Å². The molecule has 5 nitrogen and oxygen atoms in total. The summed E-state index contributed by atoms with van der Waals surface area (Å²) in [5.74, 6) is -1.83. The van der Waals surface area contributed by atoms with E-state index in [1.807, 2.05) is 0 Å². The zero-order chi connectivity index (χ0) is 18.6. The van der Waals surface area contributed by atoms with Gasteiger partial charge in [0.2, 0.25) is 5.91 Å². The molecule has 0 saturated heterocycles. The van der Waals surface area contributed by atoms with Crippen LogP contribution in [0.2, 0.25) is 10.0 Å². The molecule has 0 spiro atoms. The number of oxime groups is 1. The van der Waals surface area contributed by atoms with Crippen LogP contribution in [0.5, 0.6) is 0 Å². The van der Waals surface area contributed by atoms with Gasteiger partial charge in [-0.05, 0) is 23.8 Å². The molecule has 1 aromatic carbocycles. The number of alkyl halides is 3. The number of pyridine rings is 1. The maximum Gasteiger partial charge on any atom is 0.417 e. The van der Waals surface area contributed by atoms with Gasteiger partial charge in [0.1, 0.15) is 12.3 Å². The summed E-state index contributed by atoms with van der Waals surface area (Å²) in [6, 6.07) is 6.74. The number of carbonyl (C=O) groups is 1. The fourth-order valence-corrected chi connectivity index (χ4v) is 2.48. The van der Waals surface area contributed by atoms with Crippen molar-refractivity contribution in [2.24, 2.45) is 5.16 Å². The fourth-order valence-electron chi connectivity index (χ4n) is 2.08. The summed E-state index contributed by atoms with van der Waals surface area (Å²) < 4.78 is 38.3. The number of nitrogens with one attached hydrogen (secondary N) is 1. The summed E-state index contributed by atoms with van der Waals surface area (Å²) in [4.78, 5) is 16.1. The van der Waals surface area contributed by atoms with Gasteiger partial charge in [-0.2, -0.15) is 13.2 Å². The molecule has 132 valence electrons. The molecule has 1 amide bonds. The van der Waals surface area contributed by atoms with E-state index in [0.717, 1.165) is 6.34 Å². The standard InChI is InChI=1S/C15H10Cl2F3N3O2/c16-10-3-1-8(2-4-10)12(14(24)22-7-23-25)13-11(17)5-9(6-21-13)15(18,19)20/h1-7,12,25H,(H,22,23,24)/t12-/m0/s1. The molecule has 0 aliphatic carbocycles. The predicted molar refractivity (Wildman–Crippen MR) is 86.0 cm³/mol. The number of halogens is 5. The lowest BCUT2D eigenvalue weighted by molar-refractivity contribution is -0.137. The lowest BCUT2D eigenvalue weighted by Crippen LogP contribution is -2.29. The summed E-state index contributed by atoms with van der Waals surface area (Å²) in [5, 5.41) is 13.3. The third-order valence-corrected chi connectivity index (χ3v) is 3.76. The Morgan fingerprint density at radius 2 is 1.92 bits per heavy atom. The van der Waals surface area contributed by atoms with Gasteiger partial charge >= 0.3 is 6.18 Å². The first kappa shape index (κ1) is 19.0. The first-order valence-electron chi connectivity index (χ1n) is 6.68. The first-order chi connectivity index (χ1) is 11.7. The third-order valence-electron chi connectivity index (χ3n) is 3.20. The molecule has 0 radical (unpaired) electrons. The quantitative estimate of drug-likeness (QED) is 0.357. The zero-order valence-electron chi connectivity index (χ0n) is 12.3. The average molecular weight is 392 g/mol. The fraction of sp³-hybridized carbons (Fsp3) is 0.133. The van der Waals surface area contributed by atoms with Crippen LogP contribution in [0.25, 0.3) is 0 Å². The van der Waals surface area contributed by atoms with E-state index in [9.17, 15) is 18.0 Å². The van der Waals surface area contributed by atoms with Crippen LogP contribution in [-0.2, 0) is 11.0 Å². The summed E-state index contributed by atoms with van der Waals surface area (Å²) in [6.07, 6.45) is -3.29. The maximum absolute atomic E-state index is 12.8. The summed E-state index contributed by atoms with van der Waals surface area (Å²) in [7, 11) is 0. The monoisotopic (exact) mass is 391 g/mol. The lowest BCUT2D eigenvalue weighted by Gasteiger charge is -2.18. The van der Waals surface area contributed by atoms with Crippen molar-refractivity contribution in [3.63, 3.8) is 0 Å². The van der Waals surface area contributed by atoms with Gasteiger partial charge in [-0.25, -0.2) is 0 Å². The van der Waals surface area contributed by atoms with Crippen LogP contribution in [0.4, 0.5) is 13.2 Å². The molecule has 0 fully saturated rings. The molecule has 25 heavy (non-hydrogen) atoms. The van der Waals surface area contributed by atoms with E-state index in [-0.39, 0.29) is 10.7 Å². The molecule has 1 aromatic heterocycles. The van der Waals surface area contributed by atoms with Crippen molar-refractivity contribution in [1.82, 2.24) is 10.3 Å². The molecule has 0 bridgehead atoms. The molecule has 1 heterocycles. The Bertz CT molecular complexity index is 796. The Labute approximate surface area is 150 Å². The number of hydrogen-bond acceptors (Lipinski definition) is 4. The molecule has 2 rings (SSSR count). The van der Waals surface area contributed by atoms with Gasteiger partial charge in [-0.15, -0.1) is 0 Å². The zero-order valence-corrected chi connectivity index (χ0v) is 13.8. The second-order valence-electron chi connectivity index (χ2n) is 4.83. The Morgan fingerprint density at radius 3 is 2.44 bits per heavy atom. The highest BCUT2D eigenvalue weighted by atomic mass is 35.5. The second kappa shape index (κ2) is 7.71. The normalized spacial score (nSPS) is 13.0. The Hall–Kier alpha value is -2.32. The molecule has 2 N–H and O–H groups in total. The van der Waals surface area contributed by atoms with E-state index in [0.29, 0.717) is 22.8 Å². The number of carbonyl (C=O) groups excluding carboxylic acids is 1. The van der Waals surface area contributed by atoms with Gasteiger partial charge in [0, 0.05) is 11.2 Å². The van der Waals surface area contributed by atoms with Gasteiger partial charge in [-0.1, -0.05) is 40.5 Å². The van der Waals surface area contributed by atoms with E-state index >= 15 is 0 Å². The van der Waals surface area contributed by atoms with E-state index < -0.39 is 23.6 Å². The largest absolute Gasteiger partial charge is 0.417 e. The maximum atomic E-state index is 12.8. The molecule has 0 aliphatic rings. The SMILES string of the molecule is O=C(N/C=N\O)[C@@H](c1ccc(Cl)cc1)c1ncc(C(F)(F)F)cc1Cl. The molecule has 2 aromatic rings. The van der Waals surface area contributed by atoms with E-state index in [2.05, 4.69) is 15.5 Å². The van der Waals surface area contributed by atoms with Crippen LogP contribution in [0.1, 0.15) is 22.7 Å². The van der Waals surface area contributed by atoms with Crippen LogP contribution < -0.4 is 5.32 Å². The van der Waals surface area contributed by atoms with E-state index in [1.165, 1.54) is 24.3 Å². The Kier molecular flexibility index (Phi) is 5.86. The van der Waals surface area contributed by atoms with Gasteiger partial charge in [0.15, 0.2) is 0 Å². The van der Waals surface area contributed by atoms with Crippen LogP contribution in [0, 0.1) is 0 Å². The topological polar surface area (TPSA) is 74.6 Å². The van der Waals surface area contributed by atoms with Crippen molar-refractivity contribution in [3.05, 3.63) is 63.4 Å². The molecule has 0 saturated carbocycles. The second-order valence-corrected chi connectivity index (χ2v) is 5.67. The number of rotatable bonds is 4. The van der Waals surface area contributed by atoms with Crippen molar-refractivity contribution >= 4 is 35.4 Å². The summed E-state index contributed by atoms with van der Waals surface area (Å²) >= 11 is 11.7. The minimum Gasteiger partial charge on any atom is -0.410 e. The van der Waals surface area contributed by atoms with Gasteiger partial charge < -0.3 is 10.5 Å². The summed E-state index contributed by atoms with van der Waals surface area (Å²) in [6.45, 7) is 0. The molecule has 0 unspecified atom stereocenters. The predicted octanol–water partition coefficient (Wildman–Crippen LogP) is 4.07. The smallest absolute Gasteiger partial charge is 0.410 e. The molecule has 0 aliphatic heterocycles. The van der Waals surface area contributed by atoms with Crippen molar-refractivity contribution in [2.45, 2.75) is 12.1 Å². The van der Waals surface area contributed by atoms with Crippen LogP contribution in [0.3, 0.4) is 0 Å². The first-order valence-corrected chi connectivity index (χ1v) is 7.44. The summed E-state index contributed by atoms with van der Waals surface area (Å²) in [5.41, 5.74) is -0.725. The molecular weight excluding hydrogens is 382 g/mol. The number of nitrogens with zero attached hydrogens (tertiary/aromatic N) is 2. The molecule has 1 atom stereocenters. The van der Waals surface area contributed by atoms with Crippen LogP contribution >= 0.6 is 23.2 Å². The van der Waals surface area contributed by atoms with Crippen molar-refractivity contribution in [3.8, 4) is 0 Å². The number of amides is 1. The average Bonchev–Trinajstić information content (AvgIpc) is 2.55. The molecule has 10 heteroatoms. The highest BCUT2D eigenvalue weighted by molar-refractivity contribution is 6.31. The van der Waals surface area contributed by atoms with Crippen LogP contribution in [0.15, 0.2) is 41.7 Å². The Morgan fingerprint density at radius 1 is 1.28 bits per heavy atom. The highest BCUT2D eigenvalue weighted by Crippen LogP contribution is 2.35. The number of aromatic nitrogens is 1. The van der Waals surface area contributed by atoms with E-state index in [4.69, 9.17) is 28.4 Å². The van der Waals surface area contributed by atoms with E-state index in [1.54, 1.807) is 0 Å². The minimum absolute atomic E-state index is 0.0826. The minimum atomic E-state index is -4.61.